The highest BCUT2D eigenvalue weighted by molar-refractivity contribution is 7.80. The van der Waals surface area contributed by atoms with E-state index >= 15 is 0 Å². The van der Waals surface area contributed by atoms with Crippen LogP contribution in [0.4, 0.5) is 0 Å². The summed E-state index contributed by atoms with van der Waals surface area (Å²) < 4.78 is 52.0. The molecule has 2 heterocycles. The number of hydrogen-bond acceptors (Lipinski definition) is 10. The lowest BCUT2D eigenvalue weighted by molar-refractivity contribution is -0.239. The maximum Gasteiger partial charge on any atom is 0.397 e. The number of nitrogens with one attached hydrogen (secondary N) is 1. The van der Waals surface area contributed by atoms with Crippen molar-refractivity contribution in [2.45, 2.75) is 44.5 Å². The Balaban J connectivity index is 1.93. The highest BCUT2D eigenvalue weighted by Gasteiger charge is 2.49. The van der Waals surface area contributed by atoms with E-state index in [4.69, 9.17) is 18.4 Å². The quantitative estimate of drug-likeness (QED) is 0.315. The van der Waals surface area contributed by atoms with Crippen LogP contribution in [-0.2, 0) is 24.1 Å². The van der Waals surface area contributed by atoms with E-state index in [-0.39, 0.29) is 11.3 Å². The number of carbonyl (C=O) groups is 1. The van der Waals surface area contributed by atoms with E-state index in [1.807, 2.05) is 0 Å². The van der Waals surface area contributed by atoms with Crippen LogP contribution in [0.15, 0.2) is 33.5 Å². The molecule has 0 saturated carbocycles. The summed E-state index contributed by atoms with van der Waals surface area (Å²) in [6.07, 6.45) is -6.30. The summed E-state index contributed by atoms with van der Waals surface area (Å²) in [5.41, 5.74) is 0.346. The van der Waals surface area contributed by atoms with Crippen molar-refractivity contribution < 1.29 is 46.1 Å². The number of fused-ring (bicyclic) bond motifs is 1. The van der Waals surface area contributed by atoms with Crippen molar-refractivity contribution in [3.05, 3.63) is 40.2 Å². The Hall–Kier alpha value is -2.55. The minimum Gasteiger partial charge on any atom is -0.462 e. The normalized spacial score (nSPS) is 26.5. The van der Waals surface area contributed by atoms with Gasteiger partial charge in [-0.2, -0.15) is 8.42 Å². The Morgan fingerprint density at radius 1 is 1.29 bits per heavy atom. The monoisotopic (exact) mass is 459 g/mol. The number of hydrogen-bond donors (Lipinski definition) is 4. The Kier molecular flexibility index (Phi) is 6.64. The van der Waals surface area contributed by atoms with Crippen molar-refractivity contribution in [2.75, 3.05) is 6.61 Å². The number of rotatable bonds is 6. The van der Waals surface area contributed by atoms with Gasteiger partial charge in [-0.05, 0) is 24.6 Å². The van der Waals surface area contributed by atoms with Crippen LogP contribution in [0.25, 0.3) is 11.0 Å². The van der Waals surface area contributed by atoms with Crippen molar-refractivity contribution >= 4 is 27.3 Å². The molecule has 1 saturated heterocycles. The molecular formula is C18H21NO11S. The minimum atomic E-state index is -5.01. The van der Waals surface area contributed by atoms with Gasteiger partial charge in [0.05, 0.1) is 6.61 Å². The maximum atomic E-state index is 11.6. The molecule has 0 aliphatic carbocycles. The van der Waals surface area contributed by atoms with Gasteiger partial charge in [0.15, 0.2) is 0 Å². The molecule has 12 nitrogen and oxygen atoms in total. The van der Waals surface area contributed by atoms with E-state index in [0.29, 0.717) is 10.9 Å². The largest absolute Gasteiger partial charge is 0.462 e. The molecule has 0 radical (unpaired) electrons. The molecule has 0 bridgehead atoms. The van der Waals surface area contributed by atoms with Crippen LogP contribution >= 0.6 is 0 Å². The third kappa shape index (κ3) is 5.39. The third-order valence-electron chi connectivity index (χ3n) is 4.63. The summed E-state index contributed by atoms with van der Waals surface area (Å²) >= 11 is 0. The fourth-order valence-electron chi connectivity index (χ4n) is 3.33. The summed E-state index contributed by atoms with van der Waals surface area (Å²) in [6.45, 7) is 2.08. The fourth-order valence-corrected chi connectivity index (χ4v) is 3.85. The highest BCUT2D eigenvalue weighted by Crippen LogP contribution is 2.29. The lowest BCUT2D eigenvalue weighted by Gasteiger charge is -2.43. The number of carbonyl (C=O) groups excluding carboxylic acids is 1. The molecule has 1 amide bonds. The van der Waals surface area contributed by atoms with Crippen molar-refractivity contribution in [1.82, 2.24) is 5.32 Å². The first-order valence-corrected chi connectivity index (χ1v) is 10.4. The number of aryl methyl sites for hydroxylation is 1. The summed E-state index contributed by atoms with van der Waals surface area (Å²) in [6, 6.07) is 4.55. The lowest BCUT2D eigenvalue weighted by atomic mass is 9.97. The second-order valence-corrected chi connectivity index (χ2v) is 8.00. The predicted molar refractivity (Wildman–Crippen MR) is 104 cm³/mol. The van der Waals surface area contributed by atoms with Crippen LogP contribution in [0.2, 0.25) is 0 Å². The zero-order valence-corrected chi connectivity index (χ0v) is 17.2. The van der Waals surface area contributed by atoms with Gasteiger partial charge >= 0.3 is 16.0 Å². The highest BCUT2D eigenvalue weighted by atomic mass is 32.3. The van der Waals surface area contributed by atoms with Crippen molar-refractivity contribution in [3.8, 4) is 5.75 Å². The molecule has 170 valence electrons. The average molecular weight is 459 g/mol. The van der Waals surface area contributed by atoms with Gasteiger partial charge in [-0.3, -0.25) is 9.35 Å². The molecule has 1 fully saturated rings. The first kappa shape index (κ1) is 23.1. The molecule has 2 aromatic rings. The smallest absolute Gasteiger partial charge is 0.397 e. The van der Waals surface area contributed by atoms with Crippen molar-refractivity contribution in [1.29, 1.82) is 0 Å². The Morgan fingerprint density at radius 3 is 2.61 bits per heavy atom. The summed E-state index contributed by atoms with van der Waals surface area (Å²) in [5, 5.41) is 23.2. The van der Waals surface area contributed by atoms with Crippen molar-refractivity contribution in [2.24, 2.45) is 0 Å². The van der Waals surface area contributed by atoms with Gasteiger partial charge in [-0.15, -0.1) is 0 Å². The van der Waals surface area contributed by atoms with Gasteiger partial charge < -0.3 is 29.4 Å². The molecule has 0 spiro atoms. The summed E-state index contributed by atoms with van der Waals surface area (Å²) in [4.78, 5) is 23.2. The number of benzene rings is 1. The van der Waals surface area contributed by atoms with E-state index in [1.54, 1.807) is 13.0 Å². The summed E-state index contributed by atoms with van der Waals surface area (Å²) in [5.74, 6) is -0.464. The van der Waals surface area contributed by atoms with Crippen LogP contribution < -0.4 is 15.7 Å². The zero-order valence-electron chi connectivity index (χ0n) is 16.4. The van der Waals surface area contributed by atoms with Crippen LogP contribution in [0.1, 0.15) is 12.5 Å². The van der Waals surface area contributed by atoms with E-state index in [2.05, 4.69) is 9.50 Å². The minimum absolute atomic E-state index is 0.139. The predicted octanol–water partition coefficient (Wildman–Crippen LogP) is -0.749. The zero-order chi connectivity index (χ0) is 22.9. The first-order valence-electron chi connectivity index (χ1n) is 9.07. The second-order valence-electron chi connectivity index (χ2n) is 6.96. The molecule has 3 rings (SSSR count). The molecule has 1 aromatic heterocycles. The van der Waals surface area contributed by atoms with Gasteiger partial charge in [0, 0.05) is 24.4 Å². The van der Waals surface area contributed by atoms with E-state index in [1.165, 1.54) is 18.2 Å². The molecule has 1 aromatic carbocycles. The standard InChI is InChI=1S/C18H21NO11S/c1-8-5-14(22)28-12-6-10(3-4-11(8)12)27-18-15(19-9(2)21)16(23)17(13(7-20)29-18)30-31(24,25)26/h3-6,13,15-18,20,23H,7H2,1-2H3,(H,19,21)(H,24,25,26)/t13-,15-,16-,17-,18-/m1/s1. The number of aliphatic hydroxyl groups is 2. The van der Waals surface area contributed by atoms with Crippen LogP contribution in [-0.4, -0.2) is 66.3 Å². The second kappa shape index (κ2) is 8.90. The maximum absolute atomic E-state index is 11.6. The number of aliphatic hydroxyl groups excluding tert-OH is 2. The SMILES string of the molecule is CC(=O)N[C@H]1[C@H](Oc2ccc3c(C)cc(=O)oc3c2)O[C@H](CO)[C@@H](OS(=O)(=O)O)[C@@H]1O. The molecule has 1 aliphatic rings. The van der Waals surface area contributed by atoms with Crippen LogP contribution in [0.3, 0.4) is 0 Å². The van der Waals surface area contributed by atoms with E-state index < -0.39 is 59.2 Å². The average Bonchev–Trinajstić information content (AvgIpc) is 2.65. The molecule has 1 aliphatic heterocycles. The van der Waals surface area contributed by atoms with Crippen molar-refractivity contribution in [3.63, 3.8) is 0 Å². The van der Waals surface area contributed by atoms with E-state index in [9.17, 15) is 28.2 Å². The van der Waals surface area contributed by atoms with Gasteiger partial charge in [0.2, 0.25) is 12.2 Å². The molecule has 31 heavy (non-hydrogen) atoms. The lowest BCUT2D eigenvalue weighted by Crippen LogP contribution is -2.66. The Bertz CT molecular complexity index is 1130. The molecule has 5 atom stereocenters. The Morgan fingerprint density at radius 2 is 2.00 bits per heavy atom. The number of amides is 1. The molecule has 0 unspecified atom stereocenters. The number of ether oxygens (including phenoxy) is 2. The fraction of sp³-hybridized carbons (Fsp3) is 0.444. The van der Waals surface area contributed by atoms with Gasteiger partial charge in [-0.1, -0.05) is 0 Å². The Labute approximate surface area is 176 Å². The first-order chi connectivity index (χ1) is 14.5. The molecule has 13 heteroatoms. The topological polar surface area (TPSA) is 182 Å². The molecule has 4 N–H and O–H groups in total. The third-order valence-corrected chi connectivity index (χ3v) is 5.10. The van der Waals surface area contributed by atoms with Gasteiger partial charge in [-0.25, -0.2) is 8.98 Å². The van der Waals surface area contributed by atoms with E-state index in [0.717, 1.165) is 6.92 Å². The van der Waals surface area contributed by atoms with Crippen LogP contribution in [0.5, 0.6) is 5.75 Å². The van der Waals surface area contributed by atoms with Gasteiger partial charge in [0.1, 0.15) is 35.7 Å². The summed E-state index contributed by atoms with van der Waals surface area (Å²) in [7, 11) is -5.01. The van der Waals surface area contributed by atoms with Crippen LogP contribution in [0, 0.1) is 6.92 Å². The van der Waals surface area contributed by atoms with Gasteiger partial charge in [0.25, 0.3) is 0 Å². The molecular weight excluding hydrogens is 438 g/mol.